The molecule has 1 N–H and O–H groups in total. The highest BCUT2D eigenvalue weighted by molar-refractivity contribution is 6.46. The standard InChI is InChI=1S/C26H24N2O5/c1-4-33-19-12-10-18(11-13-19)28-25(29)23(17-8-6-5-7-9-17)24(26(28)30)27-21-16-20(31-2)14-15-22(21)32-3/h5-16,27H,4H2,1-3H3. The fraction of sp³-hybridized carbons (Fsp3) is 0.154. The highest BCUT2D eigenvalue weighted by Crippen LogP contribution is 2.37. The van der Waals surface area contributed by atoms with Gasteiger partial charge >= 0.3 is 0 Å². The van der Waals surface area contributed by atoms with Crippen molar-refractivity contribution >= 4 is 28.8 Å². The van der Waals surface area contributed by atoms with Gasteiger partial charge in [-0.3, -0.25) is 9.59 Å². The number of hydrogen-bond acceptors (Lipinski definition) is 6. The number of carbonyl (C=O) groups excluding carboxylic acids is 2. The second-order valence-corrected chi connectivity index (χ2v) is 7.18. The van der Waals surface area contributed by atoms with Crippen LogP contribution in [0.2, 0.25) is 0 Å². The van der Waals surface area contributed by atoms with Gasteiger partial charge in [-0.25, -0.2) is 4.90 Å². The maximum absolute atomic E-state index is 13.6. The molecule has 3 aromatic rings. The van der Waals surface area contributed by atoms with E-state index in [1.54, 1.807) is 61.7 Å². The number of anilines is 2. The normalized spacial score (nSPS) is 13.4. The molecule has 0 spiro atoms. The number of carbonyl (C=O) groups is 2. The molecule has 3 aromatic carbocycles. The Morgan fingerprint density at radius 2 is 1.52 bits per heavy atom. The van der Waals surface area contributed by atoms with E-state index in [0.29, 0.717) is 40.8 Å². The predicted octanol–water partition coefficient (Wildman–Crippen LogP) is 4.50. The molecule has 0 aliphatic carbocycles. The van der Waals surface area contributed by atoms with Crippen molar-refractivity contribution in [1.29, 1.82) is 0 Å². The molecular weight excluding hydrogens is 420 g/mol. The molecule has 0 saturated carbocycles. The smallest absolute Gasteiger partial charge is 0.282 e. The lowest BCUT2D eigenvalue weighted by atomic mass is 10.0. The summed E-state index contributed by atoms with van der Waals surface area (Å²) in [5.74, 6) is 0.874. The Labute approximate surface area is 192 Å². The molecule has 1 heterocycles. The largest absolute Gasteiger partial charge is 0.497 e. The summed E-state index contributed by atoms with van der Waals surface area (Å²) in [6.45, 7) is 2.42. The van der Waals surface area contributed by atoms with Crippen LogP contribution in [0.4, 0.5) is 11.4 Å². The molecule has 0 bridgehead atoms. The van der Waals surface area contributed by atoms with Crippen LogP contribution in [0.5, 0.6) is 17.2 Å². The van der Waals surface area contributed by atoms with Crippen LogP contribution in [0, 0.1) is 0 Å². The SMILES string of the molecule is CCOc1ccc(N2C(=O)C(Nc3cc(OC)ccc3OC)=C(c3ccccc3)C2=O)cc1. The van der Waals surface area contributed by atoms with Crippen LogP contribution >= 0.6 is 0 Å². The monoisotopic (exact) mass is 444 g/mol. The van der Waals surface area contributed by atoms with Gasteiger partial charge < -0.3 is 19.5 Å². The highest BCUT2D eigenvalue weighted by Gasteiger charge is 2.40. The Bertz CT molecular complexity index is 1200. The summed E-state index contributed by atoms with van der Waals surface area (Å²) in [5, 5.41) is 3.13. The van der Waals surface area contributed by atoms with Crippen LogP contribution in [0.1, 0.15) is 12.5 Å². The van der Waals surface area contributed by atoms with Crippen molar-refractivity contribution in [2.45, 2.75) is 6.92 Å². The van der Waals surface area contributed by atoms with Gasteiger partial charge in [0.05, 0.1) is 37.8 Å². The van der Waals surface area contributed by atoms with Crippen molar-refractivity contribution in [2.24, 2.45) is 0 Å². The first kappa shape index (κ1) is 22.0. The molecule has 7 nitrogen and oxygen atoms in total. The van der Waals surface area contributed by atoms with Crippen LogP contribution in [0.25, 0.3) is 5.57 Å². The molecular formula is C26H24N2O5. The summed E-state index contributed by atoms with van der Waals surface area (Å²) in [6.07, 6.45) is 0. The first-order valence-electron chi connectivity index (χ1n) is 10.5. The van der Waals surface area contributed by atoms with Crippen molar-refractivity contribution in [2.75, 3.05) is 31.0 Å². The summed E-state index contributed by atoms with van der Waals surface area (Å²) < 4.78 is 16.2. The first-order valence-corrected chi connectivity index (χ1v) is 10.5. The average molecular weight is 444 g/mol. The van der Waals surface area contributed by atoms with E-state index in [9.17, 15) is 9.59 Å². The molecule has 1 aliphatic rings. The molecule has 1 aliphatic heterocycles. The number of imide groups is 1. The van der Waals surface area contributed by atoms with Crippen molar-refractivity contribution in [3.05, 3.63) is 84.1 Å². The zero-order valence-electron chi connectivity index (χ0n) is 18.6. The van der Waals surface area contributed by atoms with E-state index in [-0.39, 0.29) is 11.3 Å². The van der Waals surface area contributed by atoms with Gasteiger partial charge in [0.1, 0.15) is 22.9 Å². The number of amides is 2. The maximum Gasteiger partial charge on any atom is 0.282 e. The van der Waals surface area contributed by atoms with Gasteiger partial charge in [0, 0.05) is 6.07 Å². The van der Waals surface area contributed by atoms with Gasteiger partial charge in [0.2, 0.25) is 0 Å². The van der Waals surface area contributed by atoms with E-state index < -0.39 is 11.8 Å². The maximum atomic E-state index is 13.6. The third-order valence-corrected chi connectivity index (χ3v) is 5.22. The Morgan fingerprint density at radius 1 is 0.818 bits per heavy atom. The third kappa shape index (κ3) is 4.25. The zero-order valence-corrected chi connectivity index (χ0v) is 18.6. The van der Waals surface area contributed by atoms with Gasteiger partial charge in [0.25, 0.3) is 11.8 Å². The van der Waals surface area contributed by atoms with Crippen LogP contribution in [-0.2, 0) is 9.59 Å². The third-order valence-electron chi connectivity index (χ3n) is 5.22. The Morgan fingerprint density at radius 3 is 2.15 bits per heavy atom. The Kier molecular flexibility index (Phi) is 6.31. The lowest BCUT2D eigenvalue weighted by molar-refractivity contribution is -0.120. The van der Waals surface area contributed by atoms with E-state index in [4.69, 9.17) is 14.2 Å². The molecule has 0 atom stereocenters. The molecule has 0 aromatic heterocycles. The van der Waals surface area contributed by atoms with Crippen molar-refractivity contribution in [3.63, 3.8) is 0 Å². The average Bonchev–Trinajstić information content (AvgIpc) is 3.09. The molecule has 4 rings (SSSR count). The lowest BCUT2D eigenvalue weighted by Gasteiger charge is -2.16. The van der Waals surface area contributed by atoms with Crippen molar-refractivity contribution in [1.82, 2.24) is 0 Å². The van der Waals surface area contributed by atoms with Crippen LogP contribution < -0.4 is 24.4 Å². The van der Waals surface area contributed by atoms with E-state index in [0.717, 1.165) is 4.90 Å². The number of rotatable bonds is 8. The fourth-order valence-electron chi connectivity index (χ4n) is 3.66. The van der Waals surface area contributed by atoms with Crippen molar-refractivity contribution in [3.8, 4) is 17.2 Å². The number of nitrogens with one attached hydrogen (secondary N) is 1. The van der Waals surface area contributed by atoms with E-state index in [1.165, 1.54) is 7.11 Å². The van der Waals surface area contributed by atoms with Crippen LogP contribution in [0.15, 0.2) is 78.5 Å². The molecule has 0 fully saturated rings. The lowest BCUT2D eigenvalue weighted by Crippen LogP contribution is -2.32. The van der Waals surface area contributed by atoms with Gasteiger partial charge in [-0.05, 0) is 48.9 Å². The first-order chi connectivity index (χ1) is 16.1. The number of nitrogens with zero attached hydrogens (tertiary/aromatic N) is 1. The summed E-state index contributed by atoms with van der Waals surface area (Å²) in [6, 6.07) is 21.2. The summed E-state index contributed by atoms with van der Waals surface area (Å²) in [7, 11) is 3.09. The summed E-state index contributed by atoms with van der Waals surface area (Å²) in [5.41, 5.74) is 2.03. The minimum absolute atomic E-state index is 0.159. The molecule has 0 radical (unpaired) electrons. The van der Waals surface area contributed by atoms with E-state index >= 15 is 0 Å². The van der Waals surface area contributed by atoms with Gasteiger partial charge in [-0.2, -0.15) is 0 Å². The predicted molar refractivity (Wildman–Crippen MR) is 127 cm³/mol. The topological polar surface area (TPSA) is 77.1 Å². The number of methoxy groups -OCH3 is 2. The zero-order chi connectivity index (χ0) is 23.4. The van der Waals surface area contributed by atoms with Gasteiger partial charge in [0.15, 0.2) is 0 Å². The second kappa shape index (κ2) is 9.48. The summed E-state index contributed by atoms with van der Waals surface area (Å²) >= 11 is 0. The minimum atomic E-state index is -0.465. The minimum Gasteiger partial charge on any atom is -0.497 e. The van der Waals surface area contributed by atoms with Gasteiger partial charge in [-0.15, -0.1) is 0 Å². The second-order valence-electron chi connectivity index (χ2n) is 7.18. The molecule has 0 unspecified atom stereocenters. The molecule has 33 heavy (non-hydrogen) atoms. The number of benzene rings is 3. The molecule has 2 amide bonds. The molecule has 7 heteroatoms. The Hall–Kier alpha value is -4.26. The highest BCUT2D eigenvalue weighted by atomic mass is 16.5. The van der Waals surface area contributed by atoms with Crippen LogP contribution in [-0.4, -0.2) is 32.6 Å². The van der Waals surface area contributed by atoms with E-state index in [1.807, 2.05) is 25.1 Å². The Balaban J connectivity index is 1.79. The van der Waals surface area contributed by atoms with E-state index in [2.05, 4.69) is 5.32 Å². The number of ether oxygens (including phenoxy) is 3. The molecule has 168 valence electrons. The van der Waals surface area contributed by atoms with Gasteiger partial charge in [-0.1, -0.05) is 30.3 Å². The van der Waals surface area contributed by atoms with Crippen LogP contribution in [0.3, 0.4) is 0 Å². The summed E-state index contributed by atoms with van der Waals surface area (Å²) in [4.78, 5) is 28.2. The number of hydrogen-bond donors (Lipinski definition) is 1. The fourth-order valence-corrected chi connectivity index (χ4v) is 3.66. The quantitative estimate of drug-likeness (QED) is 0.516. The molecule has 0 saturated heterocycles. The van der Waals surface area contributed by atoms with Crippen molar-refractivity contribution < 1.29 is 23.8 Å².